The van der Waals surface area contributed by atoms with Crippen LogP contribution in [-0.2, 0) is 6.54 Å². The molecule has 0 aliphatic carbocycles. The Morgan fingerprint density at radius 3 is 2.52 bits per heavy atom. The molecule has 3 nitrogen and oxygen atoms in total. The van der Waals surface area contributed by atoms with Crippen LogP contribution in [0.3, 0.4) is 0 Å². The van der Waals surface area contributed by atoms with Crippen LogP contribution in [0.2, 0.25) is 0 Å². The molecule has 0 saturated carbocycles. The lowest BCUT2D eigenvalue weighted by Crippen LogP contribution is -2.50. The van der Waals surface area contributed by atoms with Crippen LogP contribution >= 0.6 is 0 Å². The van der Waals surface area contributed by atoms with Crippen molar-refractivity contribution in [3.05, 3.63) is 29.3 Å². The van der Waals surface area contributed by atoms with Crippen LogP contribution in [0.15, 0.2) is 18.2 Å². The molecule has 1 unspecified atom stereocenters. The molecule has 0 amide bonds. The van der Waals surface area contributed by atoms with Gasteiger partial charge in [-0.1, -0.05) is 6.07 Å². The minimum Gasteiger partial charge on any atom is -0.366 e. The fraction of sp³-hybridized carbons (Fsp3) is 0.667. The Bertz CT molecular complexity index is 476. The fourth-order valence-corrected chi connectivity index (χ4v) is 2.94. The molecule has 0 radical (unpaired) electrons. The maximum absolute atomic E-state index is 3.57. The summed E-state index contributed by atoms with van der Waals surface area (Å²) in [7, 11) is 2.21. The van der Waals surface area contributed by atoms with Gasteiger partial charge in [0.25, 0.3) is 0 Å². The van der Waals surface area contributed by atoms with Crippen molar-refractivity contribution < 1.29 is 0 Å². The number of aryl methyl sites for hydroxylation is 1. The van der Waals surface area contributed by atoms with Gasteiger partial charge in [-0.3, -0.25) is 0 Å². The molecule has 1 aliphatic heterocycles. The third kappa shape index (κ3) is 4.45. The third-order valence-electron chi connectivity index (χ3n) is 4.30. The molecule has 1 aromatic rings. The highest BCUT2D eigenvalue weighted by atomic mass is 15.3. The van der Waals surface area contributed by atoms with E-state index in [-0.39, 0.29) is 5.54 Å². The number of rotatable bonds is 3. The lowest BCUT2D eigenvalue weighted by atomic mass is 10.0. The molecule has 1 aliphatic rings. The Balaban J connectivity index is 2.08. The number of nitrogens with zero attached hydrogens (tertiary/aromatic N) is 2. The lowest BCUT2D eigenvalue weighted by molar-refractivity contribution is 0.275. The summed E-state index contributed by atoms with van der Waals surface area (Å²) in [4.78, 5) is 4.95. The van der Waals surface area contributed by atoms with E-state index in [1.165, 1.54) is 16.8 Å². The van der Waals surface area contributed by atoms with Crippen LogP contribution in [0.1, 0.15) is 38.8 Å². The molecule has 1 atom stereocenters. The summed E-state index contributed by atoms with van der Waals surface area (Å²) < 4.78 is 0. The number of hydrogen-bond acceptors (Lipinski definition) is 3. The van der Waals surface area contributed by atoms with Crippen molar-refractivity contribution in [3.63, 3.8) is 0 Å². The summed E-state index contributed by atoms with van der Waals surface area (Å²) in [5.41, 5.74) is 4.32. The van der Waals surface area contributed by atoms with Crippen LogP contribution in [0.4, 0.5) is 5.69 Å². The lowest BCUT2D eigenvalue weighted by Gasteiger charge is -2.40. The summed E-state index contributed by atoms with van der Waals surface area (Å²) in [6.45, 7) is 15.5. The molecule has 2 rings (SSSR count). The molecule has 0 aromatic heterocycles. The van der Waals surface area contributed by atoms with Gasteiger partial charge in [0.1, 0.15) is 0 Å². The topological polar surface area (TPSA) is 18.5 Å². The molecular formula is C18H31N3. The maximum Gasteiger partial charge on any atom is 0.0389 e. The van der Waals surface area contributed by atoms with E-state index in [0.29, 0.717) is 6.04 Å². The first-order valence-corrected chi connectivity index (χ1v) is 8.06. The SMILES string of the molecule is Cc1cc(N2CCN(C)CC2C)ccc1CNC(C)(C)C. The highest BCUT2D eigenvalue weighted by molar-refractivity contribution is 5.52. The van der Waals surface area contributed by atoms with E-state index in [9.17, 15) is 0 Å². The van der Waals surface area contributed by atoms with Crippen molar-refractivity contribution in [2.45, 2.75) is 52.7 Å². The molecule has 1 fully saturated rings. The van der Waals surface area contributed by atoms with Gasteiger partial charge in [0.05, 0.1) is 0 Å². The first-order chi connectivity index (χ1) is 9.76. The zero-order chi connectivity index (χ0) is 15.6. The predicted octanol–water partition coefficient (Wildman–Crippen LogP) is 3.02. The van der Waals surface area contributed by atoms with Crippen molar-refractivity contribution in [3.8, 4) is 0 Å². The first kappa shape index (κ1) is 16.3. The minimum atomic E-state index is 0.164. The number of likely N-dealkylation sites (N-methyl/N-ethyl adjacent to an activating group) is 1. The largest absolute Gasteiger partial charge is 0.366 e. The van der Waals surface area contributed by atoms with E-state index in [1.54, 1.807) is 0 Å². The molecule has 0 bridgehead atoms. The summed E-state index contributed by atoms with van der Waals surface area (Å²) in [5.74, 6) is 0. The number of piperazine rings is 1. The highest BCUT2D eigenvalue weighted by Crippen LogP contribution is 2.23. The summed E-state index contributed by atoms with van der Waals surface area (Å²) >= 11 is 0. The van der Waals surface area contributed by atoms with E-state index < -0.39 is 0 Å². The van der Waals surface area contributed by atoms with Crippen molar-refractivity contribution in [2.24, 2.45) is 0 Å². The van der Waals surface area contributed by atoms with E-state index in [2.05, 4.69) is 75.0 Å². The summed E-state index contributed by atoms with van der Waals surface area (Å²) in [5, 5.41) is 3.57. The monoisotopic (exact) mass is 289 g/mol. The summed E-state index contributed by atoms with van der Waals surface area (Å²) in [6, 6.07) is 7.51. The van der Waals surface area contributed by atoms with Crippen LogP contribution < -0.4 is 10.2 Å². The van der Waals surface area contributed by atoms with Gasteiger partial charge >= 0.3 is 0 Å². The van der Waals surface area contributed by atoms with E-state index >= 15 is 0 Å². The number of nitrogens with one attached hydrogen (secondary N) is 1. The number of anilines is 1. The van der Waals surface area contributed by atoms with Crippen molar-refractivity contribution in [1.82, 2.24) is 10.2 Å². The number of hydrogen-bond donors (Lipinski definition) is 1. The minimum absolute atomic E-state index is 0.164. The second kappa shape index (κ2) is 6.37. The molecule has 1 aromatic carbocycles. The van der Waals surface area contributed by atoms with Gasteiger partial charge in [-0.05, 0) is 64.9 Å². The molecule has 0 spiro atoms. The maximum atomic E-state index is 3.57. The highest BCUT2D eigenvalue weighted by Gasteiger charge is 2.22. The second-order valence-corrected chi connectivity index (χ2v) is 7.52. The Morgan fingerprint density at radius 2 is 1.95 bits per heavy atom. The molecular weight excluding hydrogens is 258 g/mol. The quantitative estimate of drug-likeness (QED) is 0.923. The smallest absolute Gasteiger partial charge is 0.0389 e. The van der Waals surface area contributed by atoms with Gasteiger partial charge in [0, 0.05) is 43.4 Å². The molecule has 1 N–H and O–H groups in total. The first-order valence-electron chi connectivity index (χ1n) is 8.06. The average Bonchev–Trinajstić information content (AvgIpc) is 2.36. The average molecular weight is 289 g/mol. The fourth-order valence-electron chi connectivity index (χ4n) is 2.94. The molecule has 118 valence electrons. The second-order valence-electron chi connectivity index (χ2n) is 7.52. The third-order valence-corrected chi connectivity index (χ3v) is 4.30. The van der Waals surface area contributed by atoms with Crippen LogP contribution in [-0.4, -0.2) is 43.2 Å². The Kier molecular flexibility index (Phi) is 4.95. The molecule has 3 heteroatoms. The van der Waals surface area contributed by atoms with Gasteiger partial charge < -0.3 is 15.1 Å². The van der Waals surface area contributed by atoms with Crippen LogP contribution in [0.5, 0.6) is 0 Å². The Morgan fingerprint density at radius 1 is 1.24 bits per heavy atom. The van der Waals surface area contributed by atoms with Gasteiger partial charge in [-0.15, -0.1) is 0 Å². The Labute approximate surface area is 130 Å². The predicted molar refractivity (Wildman–Crippen MR) is 92.1 cm³/mol. The molecule has 21 heavy (non-hydrogen) atoms. The van der Waals surface area contributed by atoms with Crippen molar-refractivity contribution >= 4 is 5.69 Å². The summed E-state index contributed by atoms with van der Waals surface area (Å²) in [6.07, 6.45) is 0. The van der Waals surface area contributed by atoms with Crippen molar-refractivity contribution in [2.75, 3.05) is 31.6 Å². The zero-order valence-corrected chi connectivity index (χ0v) is 14.5. The van der Waals surface area contributed by atoms with Crippen molar-refractivity contribution in [1.29, 1.82) is 0 Å². The van der Waals surface area contributed by atoms with Crippen LogP contribution in [0.25, 0.3) is 0 Å². The molecule has 1 saturated heterocycles. The normalized spacial score (nSPS) is 20.9. The standard InChI is InChI=1S/C18H31N3/c1-14-11-17(21-10-9-20(6)13-15(21)2)8-7-16(14)12-19-18(3,4)5/h7-8,11,15,19H,9-10,12-13H2,1-6H3. The number of benzene rings is 1. The van der Waals surface area contributed by atoms with E-state index in [4.69, 9.17) is 0 Å². The van der Waals surface area contributed by atoms with Gasteiger partial charge in [0.2, 0.25) is 0 Å². The van der Waals surface area contributed by atoms with Gasteiger partial charge in [-0.2, -0.15) is 0 Å². The van der Waals surface area contributed by atoms with E-state index in [0.717, 1.165) is 26.2 Å². The zero-order valence-electron chi connectivity index (χ0n) is 14.5. The van der Waals surface area contributed by atoms with Gasteiger partial charge in [0.15, 0.2) is 0 Å². The van der Waals surface area contributed by atoms with E-state index in [1.807, 2.05) is 0 Å². The Hall–Kier alpha value is -1.06. The van der Waals surface area contributed by atoms with Gasteiger partial charge in [-0.25, -0.2) is 0 Å². The van der Waals surface area contributed by atoms with Crippen LogP contribution in [0, 0.1) is 6.92 Å². The molecule has 1 heterocycles.